The highest BCUT2D eigenvalue weighted by Gasteiger charge is 2.29. The van der Waals surface area contributed by atoms with Crippen LogP contribution in [0.3, 0.4) is 0 Å². The van der Waals surface area contributed by atoms with E-state index in [0.29, 0.717) is 5.92 Å². The van der Waals surface area contributed by atoms with Crippen molar-refractivity contribution in [2.75, 3.05) is 13.7 Å². The molecule has 0 aromatic rings. The van der Waals surface area contributed by atoms with E-state index in [4.69, 9.17) is 0 Å². The van der Waals surface area contributed by atoms with Gasteiger partial charge >= 0.3 is 5.97 Å². The van der Waals surface area contributed by atoms with Gasteiger partial charge in [0.05, 0.1) is 7.11 Å². The highest BCUT2D eigenvalue weighted by atomic mass is 16.5. The molecule has 0 saturated carbocycles. The molecule has 0 amide bonds. The second-order valence-corrected chi connectivity index (χ2v) is 2.50. The molecule has 2 unspecified atom stereocenters. The summed E-state index contributed by atoms with van der Waals surface area (Å²) in [6.45, 7) is 2.81. The van der Waals surface area contributed by atoms with Crippen LogP contribution in [-0.2, 0) is 9.53 Å². The van der Waals surface area contributed by atoms with Gasteiger partial charge in [-0.15, -0.1) is 0 Å². The molecule has 1 aliphatic rings. The fraction of sp³-hybridized carbons (Fsp3) is 0.833. The summed E-state index contributed by atoms with van der Waals surface area (Å²) >= 11 is 0. The summed E-state index contributed by atoms with van der Waals surface area (Å²) in [5, 5.41) is 0. The molecular weight excluding hydrogens is 132 g/mol. The number of carbonyl (C=O) groups is 1. The van der Waals surface area contributed by atoms with Crippen molar-refractivity contribution in [3.05, 3.63) is 0 Å². The van der Waals surface area contributed by atoms with Gasteiger partial charge in [-0.05, 0) is 5.92 Å². The van der Waals surface area contributed by atoms with Gasteiger partial charge in [0.2, 0.25) is 0 Å². The number of ether oxygens (including phenoxy) is 1. The topological polar surface area (TPSA) is 50.4 Å². The Bertz CT molecular complexity index is 138. The molecule has 0 aromatic carbocycles. The first-order chi connectivity index (χ1) is 4.75. The molecule has 1 heterocycles. The average Bonchev–Trinajstić information content (AvgIpc) is 2.34. The van der Waals surface area contributed by atoms with Crippen LogP contribution in [0.15, 0.2) is 0 Å². The maximum atomic E-state index is 10.9. The molecule has 58 valence electrons. The van der Waals surface area contributed by atoms with Crippen LogP contribution in [0.25, 0.3) is 0 Å². The largest absolute Gasteiger partial charge is 0.468 e. The van der Waals surface area contributed by atoms with Crippen LogP contribution >= 0.6 is 0 Å². The van der Waals surface area contributed by atoms with Crippen molar-refractivity contribution < 1.29 is 9.53 Å². The molecule has 0 aromatic heterocycles. The van der Waals surface area contributed by atoms with Crippen LogP contribution in [0.5, 0.6) is 0 Å². The van der Waals surface area contributed by atoms with Crippen LogP contribution in [0.1, 0.15) is 6.92 Å². The molecule has 1 fully saturated rings. The van der Waals surface area contributed by atoms with Gasteiger partial charge in [-0.1, -0.05) is 6.92 Å². The average molecular weight is 144 g/mol. The lowest BCUT2D eigenvalue weighted by Crippen LogP contribution is -2.38. The van der Waals surface area contributed by atoms with E-state index in [1.165, 1.54) is 7.11 Å². The predicted octanol–water partition coefficient (Wildman–Crippen LogP) is -0.728. The van der Waals surface area contributed by atoms with E-state index in [1.54, 1.807) is 0 Å². The lowest BCUT2D eigenvalue weighted by Gasteiger charge is -2.10. The zero-order valence-corrected chi connectivity index (χ0v) is 6.18. The molecular formula is C6H12N2O2. The number of rotatable bonds is 1. The Balaban J connectivity index is 2.46. The molecule has 1 rings (SSSR count). The molecule has 0 radical (unpaired) electrons. The summed E-state index contributed by atoms with van der Waals surface area (Å²) in [6, 6.07) is -0.176. The summed E-state index contributed by atoms with van der Waals surface area (Å²) < 4.78 is 4.56. The fourth-order valence-electron chi connectivity index (χ4n) is 1.01. The smallest absolute Gasteiger partial charge is 0.324 e. The normalized spacial score (nSPS) is 32.2. The van der Waals surface area contributed by atoms with Gasteiger partial charge in [0.1, 0.15) is 6.04 Å². The number of methoxy groups -OCH3 is 1. The molecule has 2 N–H and O–H groups in total. The zero-order chi connectivity index (χ0) is 7.56. The van der Waals surface area contributed by atoms with Crippen molar-refractivity contribution >= 4 is 5.97 Å². The van der Waals surface area contributed by atoms with Gasteiger partial charge < -0.3 is 4.74 Å². The fourth-order valence-corrected chi connectivity index (χ4v) is 1.01. The maximum Gasteiger partial charge on any atom is 0.324 e. The van der Waals surface area contributed by atoms with E-state index < -0.39 is 0 Å². The van der Waals surface area contributed by atoms with Gasteiger partial charge in [-0.25, -0.2) is 5.43 Å². The standard InChI is InChI=1S/C6H12N2O2/c1-4-3-7-8-5(4)6(9)10-2/h4-5,7-8H,3H2,1-2H3. The number of nitrogens with one attached hydrogen (secondary N) is 2. The second-order valence-electron chi connectivity index (χ2n) is 2.50. The molecule has 1 saturated heterocycles. The van der Waals surface area contributed by atoms with Crippen molar-refractivity contribution in [2.24, 2.45) is 5.92 Å². The third kappa shape index (κ3) is 1.27. The number of carbonyl (C=O) groups excluding carboxylic acids is 1. The number of esters is 1. The lowest BCUT2D eigenvalue weighted by molar-refractivity contribution is -0.143. The first kappa shape index (κ1) is 7.50. The highest BCUT2D eigenvalue weighted by molar-refractivity contribution is 5.76. The van der Waals surface area contributed by atoms with Crippen LogP contribution in [0.4, 0.5) is 0 Å². The molecule has 1 aliphatic heterocycles. The Morgan fingerprint density at radius 2 is 2.40 bits per heavy atom. The predicted molar refractivity (Wildman–Crippen MR) is 36.1 cm³/mol. The molecule has 2 atom stereocenters. The zero-order valence-electron chi connectivity index (χ0n) is 6.18. The van der Waals surface area contributed by atoms with Crippen molar-refractivity contribution in [1.82, 2.24) is 10.9 Å². The number of hydrogen-bond acceptors (Lipinski definition) is 4. The van der Waals surface area contributed by atoms with Gasteiger partial charge in [0.15, 0.2) is 0 Å². The third-order valence-corrected chi connectivity index (χ3v) is 1.71. The summed E-state index contributed by atoms with van der Waals surface area (Å²) in [6.07, 6.45) is 0. The Morgan fingerprint density at radius 1 is 1.70 bits per heavy atom. The molecule has 4 nitrogen and oxygen atoms in total. The van der Waals surface area contributed by atoms with Crippen LogP contribution in [0.2, 0.25) is 0 Å². The maximum absolute atomic E-state index is 10.9. The van der Waals surface area contributed by atoms with E-state index in [9.17, 15) is 4.79 Å². The van der Waals surface area contributed by atoms with Crippen molar-refractivity contribution in [3.63, 3.8) is 0 Å². The molecule has 0 aliphatic carbocycles. The first-order valence-electron chi connectivity index (χ1n) is 3.32. The summed E-state index contributed by atoms with van der Waals surface area (Å²) in [7, 11) is 1.40. The molecule has 4 heteroatoms. The minimum Gasteiger partial charge on any atom is -0.468 e. The molecule has 0 bridgehead atoms. The quantitative estimate of drug-likeness (QED) is 0.476. The molecule has 10 heavy (non-hydrogen) atoms. The minimum atomic E-state index is -0.197. The van der Waals surface area contributed by atoms with Crippen molar-refractivity contribution in [1.29, 1.82) is 0 Å². The summed E-state index contributed by atoms with van der Waals surface area (Å²) in [4.78, 5) is 10.9. The second kappa shape index (κ2) is 2.98. The Hall–Kier alpha value is -0.610. The van der Waals surface area contributed by atoms with E-state index in [0.717, 1.165) is 6.54 Å². The lowest BCUT2D eigenvalue weighted by atomic mass is 10.1. The van der Waals surface area contributed by atoms with Crippen molar-refractivity contribution in [3.8, 4) is 0 Å². The van der Waals surface area contributed by atoms with Crippen LogP contribution in [-0.4, -0.2) is 25.7 Å². The van der Waals surface area contributed by atoms with Gasteiger partial charge in [0.25, 0.3) is 0 Å². The van der Waals surface area contributed by atoms with Gasteiger partial charge in [-0.3, -0.25) is 10.2 Å². The van der Waals surface area contributed by atoms with E-state index >= 15 is 0 Å². The Morgan fingerprint density at radius 3 is 2.80 bits per heavy atom. The van der Waals surface area contributed by atoms with Gasteiger partial charge in [0, 0.05) is 6.54 Å². The third-order valence-electron chi connectivity index (χ3n) is 1.71. The number of hydrogen-bond donors (Lipinski definition) is 2. The Kier molecular flexibility index (Phi) is 2.24. The van der Waals surface area contributed by atoms with Crippen LogP contribution in [0, 0.1) is 5.92 Å². The SMILES string of the molecule is COC(=O)C1NNCC1C. The summed E-state index contributed by atoms with van der Waals surface area (Å²) in [5.74, 6) is 0.116. The molecule has 0 spiro atoms. The van der Waals surface area contributed by atoms with E-state index in [-0.39, 0.29) is 12.0 Å². The first-order valence-corrected chi connectivity index (χ1v) is 3.32. The minimum absolute atomic E-state index is 0.176. The summed E-state index contributed by atoms with van der Waals surface area (Å²) in [5.41, 5.74) is 5.72. The van der Waals surface area contributed by atoms with Crippen LogP contribution < -0.4 is 10.9 Å². The number of hydrazine groups is 1. The van der Waals surface area contributed by atoms with E-state index in [2.05, 4.69) is 15.6 Å². The van der Waals surface area contributed by atoms with Crippen molar-refractivity contribution in [2.45, 2.75) is 13.0 Å². The Labute approximate surface area is 59.9 Å². The monoisotopic (exact) mass is 144 g/mol. The highest BCUT2D eigenvalue weighted by Crippen LogP contribution is 2.06. The van der Waals surface area contributed by atoms with E-state index in [1.807, 2.05) is 6.92 Å². The van der Waals surface area contributed by atoms with Gasteiger partial charge in [-0.2, -0.15) is 0 Å².